The number of hydrogen-bond donors (Lipinski definition) is 4. The van der Waals surface area contributed by atoms with Gasteiger partial charge in [-0.2, -0.15) is 0 Å². The van der Waals surface area contributed by atoms with Gasteiger partial charge in [0.1, 0.15) is 0 Å². The van der Waals surface area contributed by atoms with Crippen LogP contribution in [0.4, 0.5) is 5.00 Å². The maximum Gasteiger partial charge on any atom is 0.261 e. The van der Waals surface area contributed by atoms with Crippen LogP contribution in [0.2, 0.25) is 0 Å². The number of nitrogens with one attached hydrogen (secondary N) is 3. The maximum absolute atomic E-state index is 12.3. The molecule has 136 valence electrons. The molecule has 0 saturated carbocycles. The minimum atomic E-state index is -0.480. The second-order valence-electron chi connectivity index (χ2n) is 7.02. The Balaban J connectivity index is 0.00000288. The Morgan fingerprint density at radius 1 is 1.38 bits per heavy atom. The number of rotatable bonds is 4. The van der Waals surface area contributed by atoms with E-state index in [1.54, 1.807) is 0 Å². The van der Waals surface area contributed by atoms with Crippen LogP contribution in [0.15, 0.2) is 6.07 Å². The van der Waals surface area contributed by atoms with Crippen molar-refractivity contribution >= 4 is 40.6 Å². The average Bonchev–Trinajstić information content (AvgIpc) is 3.01. The van der Waals surface area contributed by atoms with Crippen LogP contribution in [0.5, 0.6) is 0 Å². The third kappa shape index (κ3) is 5.17. The minimum Gasteiger partial charge on any atom is -0.391 e. The molecule has 0 aromatic carbocycles. The van der Waals surface area contributed by atoms with Crippen molar-refractivity contribution in [1.29, 1.82) is 0 Å². The van der Waals surface area contributed by atoms with Gasteiger partial charge in [-0.05, 0) is 18.6 Å². The van der Waals surface area contributed by atoms with E-state index in [1.807, 2.05) is 33.8 Å². The van der Waals surface area contributed by atoms with Crippen LogP contribution in [0.25, 0.3) is 0 Å². The SMILES string of the molecule is Cc1cc(NC(=O)C(C)(C)C)sc1C(=O)NCC1CNCC1O.Cl. The minimum absolute atomic E-state index is 0. The van der Waals surface area contributed by atoms with Crippen molar-refractivity contribution in [2.75, 3.05) is 25.0 Å². The summed E-state index contributed by atoms with van der Waals surface area (Å²) in [6.07, 6.45) is -0.415. The third-order valence-corrected chi connectivity index (χ3v) is 5.02. The number of amides is 2. The van der Waals surface area contributed by atoms with Crippen molar-refractivity contribution in [3.8, 4) is 0 Å². The van der Waals surface area contributed by atoms with E-state index in [1.165, 1.54) is 11.3 Å². The highest BCUT2D eigenvalue weighted by Crippen LogP contribution is 2.28. The Kier molecular flexibility index (Phi) is 7.22. The molecule has 1 aliphatic rings. The van der Waals surface area contributed by atoms with Crippen molar-refractivity contribution in [2.45, 2.75) is 33.8 Å². The number of thiophene rings is 1. The summed E-state index contributed by atoms with van der Waals surface area (Å²) >= 11 is 1.27. The molecule has 0 spiro atoms. The number of hydrogen-bond acceptors (Lipinski definition) is 5. The largest absolute Gasteiger partial charge is 0.391 e. The Morgan fingerprint density at radius 2 is 2.04 bits per heavy atom. The molecule has 1 fully saturated rings. The average molecular weight is 376 g/mol. The zero-order valence-corrected chi connectivity index (χ0v) is 16.1. The molecule has 8 heteroatoms. The molecule has 1 aromatic heterocycles. The van der Waals surface area contributed by atoms with Gasteiger partial charge in [0.15, 0.2) is 0 Å². The molecular weight excluding hydrogens is 350 g/mol. The van der Waals surface area contributed by atoms with E-state index in [9.17, 15) is 14.7 Å². The van der Waals surface area contributed by atoms with Gasteiger partial charge in [-0.3, -0.25) is 9.59 Å². The summed E-state index contributed by atoms with van der Waals surface area (Å²) in [5, 5.41) is 19.2. The van der Waals surface area contributed by atoms with Crippen molar-refractivity contribution in [3.05, 3.63) is 16.5 Å². The van der Waals surface area contributed by atoms with E-state index in [2.05, 4.69) is 16.0 Å². The van der Waals surface area contributed by atoms with Crippen LogP contribution in [0, 0.1) is 18.3 Å². The van der Waals surface area contributed by atoms with Crippen molar-refractivity contribution < 1.29 is 14.7 Å². The highest BCUT2D eigenvalue weighted by Gasteiger charge is 2.26. The zero-order valence-electron chi connectivity index (χ0n) is 14.4. The zero-order chi connectivity index (χ0) is 17.2. The van der Waals surface area contributed by atoms with Crippen LogP contribution >= 0.6 is 23.7 Å². The summed E-state index contributed by atoms with van der Waals surface area (Å²) in [4.78, 5) is 24.9. The molecule has 2 amide bonds. The van der Waals surface area contributed by atoms with Crippen molar-refractivity contribution in [1.82, 2.24) is 10.6 Å². The van der Waals surface area contributed by atoms with E-state index in [-0.39, 0.29) is 30.1 Å². The molecule has 2 rings (SSSR count). The number of aliphatic hydroxyl groups is 1. The number of carbonyl (C=O) groups excluding carboxylic acids is 2. The normalized spacial score (nSPS) is 20.4. The summed E-state index contributed by atoms with van der Waals surface area (Å²) in [5.74, 6) is -0.201. The number of carbonyl (C=O) groups is 2. The lowest BCUT2D eigenvalue weighted by Crippen LogP contribution is -2.34. The molecule has 0 radical (unpaired) electrons. The van der Waals surface area contributed by atoms with Crippen LogP contribution in [0.3, 0.4) is 0 Å². The summed E-state index contributed by atoms with van der Waals surface area (Å²) in [6.45, 7) is 9.10. The molecular formula is C16H26ClN3O3S. The molecule has 0 bridgehead atoms. The fourth-order valence-corrected chi connectivity index (χ4v) is 3.28. The van der Waals surface area contributed by atoms with Gasteiger partial charge < -0.3 is 21.1 Å². The number of aryl methyl sites for hydroxylation is 1. The number of anilines is 1. The fourth-order valence-electron chi connectivity index (χ4n) is 2.30. The predicted octanol–water partition coefficient (Wildman–Crippen LogP) is 1.77. The fraction of sp³-hybridized carbons (Fsp3) is 0.625. The molecule has 24 heavy (non-hydrogen) atoms. The van der Waals surface area contributed by atoms with Crippen LogP contribution in [-0.4, -0.2) is 42.7 Å². The smallest absolute Gasteiger partial charge is 0.261 e. The summed E-state index contributed by atoms with van der Waals surface area (Å²) < 4.78 is 0. The molecule has 1 aromatic rings. The first-order valence-electron chi connectivity index (χ1n) is 7.77. The van der Waals surface area contributed by atoms with Gasteiger partial charge in [0.2, 0.25) is 5.91 Å². The van der Waals surface area contributed by atoms with Crippen LogP contribution < -0.4 is 16.0 Å². The first-order chi connectivity index (χ1) is 10.7. The first-order valence-corrected chi connectivity index (χ1v) is 8.59. The molecule has 1 saturated heterocycles. The van der Waals surface area contributed by atoms with Crippen LogP contribution in [-0.2, 0) is 4.79 Å². The Hall–Kier alpha value is -1.15. The second-order valence-corrected chi connectivity index (χ2v) is 8.07. The molecule has 2 unspecified atom stereocenters. The Labute approximate surface area is 152 Å². The number of β-amino-alcohol motifs (C(OH)–C–C–N with tert-alkyl or cyclic N) is 1. The molecule has 6 nitrogen and oxygen atoms in total. The topological polar surface area (TPSA) is 90.5 Å². The van der Waals surface area contributed by atoms with E-state index in [0.29, 0.717) is 29.5 Å². The van der Waals surface area contributed by atoms with E-state index < -0.39 is 11.5 Å². The van der Waals surface area contributed by atoms with Gasteiger partial charge >= 0.3 is 0 Å². The quantitative estimate of drug-likeness (QED) is 0.645. The third-order valence-electron chi connectivity index (χ3n) is 3.87. The van der Waals surface area contributed by atoms with Gasteiger partial charge in [0.05, 0.1) is 16.0 Å². The van der Waals surface area contributed by atoms with Gasteiger partial charge in [0, 0.05) is 31.0 Å². The Bertz CT molecular complexity index is 598. The highest BCUT2D eigenvalue weighted by atomic mass is 35.5. The van der Waals surface area contributed by atoms with Gasteiger partial charge in [-0.1, -0.05) is 20.8 Å². The van der Waals surface area contributed by atoms with E-state index in [4.69, 9.17) is 0 Å². The lowest BCUT2D eigenvalue weighted by Gasteiger charge is -2.16. The lowest BCUT2D eigenvalue weighted by atomic mass is 9.96. The first kappa shape index (κ1) is 20.9. The van der Waals surface area contributed by atoms with E-state index in [0.717, 1.165) is 5.56 Å². The number of aliphatic hydroxyl groups excluding tert-OH is 1. The van der Waals surface area contributed by atoms with Gasteiger partial charge in [-0.15, -0.1) is 23.7 Å². The second kappa shape index (κ2) is 8.29. The molecule has 1 aliphatic heterocycles. The lowest BCUT2D eigenvalue weighted by molar-refractivity contribution is -0.123. The monoisotopic (exact) mass is 375 g/mol. The summed E-state index contributed by atoms with van der Waals surface area (Å²) in [5.41, 5.74) is 0.355. The Morgan fingerprint density at radius 3 is 2.58 bits per heavy atom. The highest BCUT2D eigenvalue weighted by molar-refractivity contribution is 7.18. The number of halogens is 1. The van der Waals surface area contributed by atoms with E-state index >= 15 is 0 Å². The standard InChI is InChI=1S/C16H25N3O3S.ClH/c1-9-5-12(19-15(22)16(2,3)4)23-13(9)14(21)18-7-10-6-17-8-11(10)20;/h5,10-11,17,20H,6-8H2,1-4H3,(H,18,21)(H,19,22);1H. The van der Waals surface area contributed by atoms with Crippen molar-refractivity contribution in [3.63, 3.8) is 0 Å². The summed E-state index contributed by atoms with van der Waals surface area (Å²) in [7, 11) is 0. The van der Waals surface area contributed by atoms with Gasteiger partial charge in [-0.25, -0.2) is 0 Å². The van der Waals surface area contributed by atoms with Crippen molar-refractivity contribution in [2.24, 2.45) is 11.3 Å². The summed E-state index contributed by atoms with van der Waals surface area (Å²) in [6, 6.07) is 1.81. The molecule has 2 atom stereocenters. The molecule has 2 heterocycles. The van der Waals surface area contributed by atoms with Crippen LogP contribution in [0.1, 0.15) is 36.0 Å². The maximum atomic E-state index is 12.3. The van der Waals surface area contributed by atoms with Gasteiger partial charge in [0.25, 0.3) is 5.91 Å². The predicted molar refractivity (Wildman–Crippen MR) is 99.1 cm³/mol. The molecule has 4 N–H and O–H groups in total. The molecule has 0 aliphatic carbocycles.